The first-order valence-electron chi connectivity index (χ1n) is 7.35. The maximum atomic E-state index is 9.15. The van der Waals surface area contributed by atoms with Gasteiger partial charge in [-0.15, -0.1) is 11.8 Å². The van der Waals surface area contributed by atoms with Crippen molar-refractivity contribution in [3.63, 3.8) is 0 Å². The van der Waals surface area contributed by atoms with Crippen LogP contribution in [0.25, 0.3) is 0 Å². The van der Waals surface area contributed by atoms with Gasteiger partial charge in [-0.2, -0.15) is 0 Å². The number of hydrogen-bond donors (Lipinski definition) is 1. The van der Waals surface area contributed by atoms with Crippen molar-refractivity contribution in [2.24, 2.45) is 0 Å². The van der Waals surface area contributed by atoms with Crippen LogP contribution in [0.5, 0.6) is 0 Å². The molecule has 3 heterocycles. The van der Waals surface area contributed by atoms with E-state index in [1.54, 1.807) is 0 Å². The highest BCUT2D eigenvalue weighted by atomic mass is 32.2. The number of piperazine rings is 1. The van der Waals surface area contributed by atoms with Gasteiger partial charge < -0.3 is 14.9 Å². The summed E-state index contributed by atoms with van der Waals surface area (Å²) in [6, 6.07) is 0. The van der Waals surface area contributed by atoms with Crippen LogP contribution < -0.4 is 4.90 Å². The molecule has 0 saturated carbocycles. The first kappa shape index (κ1) is 14.1. The van der Waals surface area contributed by atoms with Crippen LogP contribution in [0.3, 0.4) is 0 Å². The lowest BCUT2D eigenvalue weighted by atomic mass is 10.2. The molecular weight excluding hydrogens is 272 g/mol. The Balaban J connectivity index is 1.92. The molecule has 0 spiro atoms. The molecule has 5 nitrogen and oxygen atoms in total. The third-order valence-corrected chi connectivity index (χ3v) is 5.11. The first-order valence-corrected chi connectivity index (χ1v) is 8.33. The van der Waals surface area contributed by atoms with E-state index in [0.29, 0.717) is 6.42 Å². The minimum atomic E-state index is 0.119. The lowest BCUT2D eigenvalue weighted by Gasteiger charge is -2.35. The van der Waals surface area contributed by atoms with Gasteiger partial charge >= 0.3 is 0 Å². The Kier molecular flexibility index (Phi) is 4.43. The summed E-state index contributed by atoms with van der Waals surface area (Å²) >= 11 is 1.89. The van der Waals surface area contributed by atoms with Gasteiger partial charge in [0, 0.05) is 32.6 Å². The zero-order chi connectivity index (χ0) is 13.9. The van der Waals surface area contributed by atoms with Gasteiger partial charge in [0.05, 0.1) is 17.2 Å². The van der Waals surface area contributed by atoms with E-state index in [0.717, 1.165) is 50.0 Å². The second-order valence-electron chi connectivity index (χ2n) is 5.46. The van der Waals surface area contributed by atoms with Crippen molar-refractivity contribution in [2.75, 3.05) is 50.5 Å². The summed E-state index contributed by atoms with van der Waals surface area (Å²) in [5.74, 6) is 3.06. The van der Waals surface area contributed by atoms with E-state index in [2.05, 4.69) is 21.8 Å². The molecule has 0 amide bonds. The molecule has 0 atom stereocenters. The van der Waals surface area contributed by atoms with Crippen molar-refractivity contribution in [3.8, 4) is 0 Å². The predicted octanol–water partition coefficient (Wildman–Crippen LogP) is 0.802. The zero-order valence-corrected chi connectivity index (χ0v) is 12.8. The van der Waals surface area contributed by atoms with Crippen molar-refractivity contribution in [2.45, 2.75) is 24.2 Å². The Morgan fingerprint density at radius 2 is 2.00 bits per heavy atom. The van der Waals surface area contributed by atoms with E-state index in [4.69, 9.17) is 10.1 Å². The minimum Gasteiger partial charge on any atom is -0.396 e. The second kappa shape index (κ2) is 6.28. The number of nitrogens with zero attached hydrogens (tertiary/aromatic N) is 4. The maximum Gasteiger partial charge on any atom is 0.146 e. The van der Waals surface area contributed by atoms with E-state index in [1.165, 1.54) is 17.0 Å². The third-order valence-electron chi connectivity index (χ3n) is 3.91. The number of thioether (sulfide) groups is 1. The number of aliphatic hydroxyl groups excluding tert-OH is 1. The summed E-state index contributed by atoms with van der Waals surface area (Å²) in [6.45, 7) is 4.34. The van der Waals surface area contributed by atoms with Crippen LogP contribution in [-0.4, -0.2) is 65.6 Å². The molecule has 1 aromatic heterocycles. The lowest BCUT2D eigenvalue weighted by molar-refractivity contribution is 0.296. The molecule has 2 aliphatic rings. The standard InChI is InChI=1S/C14H22N4OS/c1-17-5-7-18(8-6-17)14-13-11(3-2-10-20-13)15-12(16-14)4-9-19/h19H,2-10H2,1H3. The van der Waals surface area contributed by atoms with Gasteiger partial charge in [0.15, 0.2) is 0 Å². The quantitative estimate of drug-likeness (QED) is 0.890. The summed E-state index contributed by atoms with van der Waals surface area (Å²) in [5.41, 5.74) is 1.19. The number of likely N-dealkylation sites (N-methyl/N-ethyl adjacent to an activating group) is 1. The largest absolute Gasteiger partial charge is 0.396 e. The van der Waals surface area contributed by atoms with Crippen LogP contribution in [0.15, 0.2) is 4.90 Å². The molecule has 1 N–H and O–H groups in total. The average Bonchev–Trinajstić information content (AvgIpc) is 2.48. The number of anilines is 1. The Morgan fingerprint density at radius 1 is 1.20 bits per heavy atom. The Labute approximate surface area is 124 Å². The topological polar surface area (TPSA) is 52.5 Å². The highest BCUT2D eigenvalue weighted by Gasteiger charge is 2.24. The summed E-state index contributed by atoms with van der Waals surface area (Å²) < 4.78 is 0. The van der Waals surface area contributed by atoms with Gasteiger partial charge in [-0.1, -0.05) is 0 Å². The monoisotopic (exact) mass is 294 g/mol. The van der Waals surface area contributed by atoms with Crippen molar-refractivity contribution < 1.29 is 5.11 Å². The predicted molar refractivity (Wildman–Crippen MR) is 81.6 cm³/mol. The van der Waals surface area contributed by atoms with E-state index in [-0.39, 0.29) is 6.61 Å². The molecule has 1 saturated heterocycles. The van der Waals surface area contributed by atoms with Gasteiger partial charge in [0.1, 0.15) is 11.6 Å². The second-order valence-corrected chi connectivity index (χ2v) is 6.56. The van der Waals surface area contributed by atoms with Gasteiger partial charge in [-0.3, -0.25) is 0 Å². The molecule has 2 aliphatic heterocycles. The number of aromatic nitrogens is 2. The Bertz CT molecular complexity index is 474. The summed E-state index contributed by atoms with van der Waals surface area (Å²) in [4.78, 5) is 15.4. The fourth-order valence-electron chi connectivity index (χ4n) is 2.71. The van der Waals surface area contributed by atoms with Gasteiger partial charge in [-0.05, 0) is 25.6 Å². The molecule has 110 valence electrons. The number of hydrogen-bond acceptors (Lipinski definition) is 6. The smallest absolute Gasteiger partial charge is 0.146 e. The van der Waals surface area contributed by atoms with Crippen LogP contribution >= 0.6 is 11.8 Å². The van der Waals surface area contributed by atoms with Gasteiger partial charge in [0.2, 0.25) is 0 Å². The summed E-state index contributed by atoms with van der Waals surface area (Å²) in [7, 11) is 2.17. The number of rotatable bonds is 3. The molecular formula is C14H22N4OS. The fourth-order valence-corrected chi connectivity index (χ4v) is 3.82. The van der Waals surface area contributed by atoms with E-state index in [1.807, 2.05) is 11.8 Å². The van der Waals surface area contributed by atoms with Gasteiger partial charge in [-0.25, -0.2) is 9.97 Å². The first-order chi connectivity index (χ1) is 9.78. The highest BCUT2D eigenvalue weighted by Crippen LogP contribution is 2.36. The molecule has 1 fully saturated rings. The number of fused-ring (bicyclic) bond motifs is 1. The van der Waals surface area contributed by atoms with E-state index >= 15 is 0 Å². The number of aryl methyl sites for hydroxylation is 1. The van der Waals surface area contributed by atoms with Crippen molar-refractivity contribution in [1.29, 1.82) is 0 Å². The maximum absolute atomic E-state index is 9.15. The van der Waals surface area contributed by atoms with Crippen LogP contribution in [0.2, 0.25) is 0 Å². The van der Waals surface area contributed by atoms with Crippen LogP contribution in [-0.2, 0) is 12.8 Å². The van der Waals surface area contributed by atoms with Crippen molar-refractivity contribution in [1.82, 2.24) is 14.9 Å². The summed E-state index contributed by atoms with van der Waals surface area (Å²) in [5, 5.41) is 9.15. The van der Waals surface area contributed by atoms with E-state index < -0.39 is 0 Å². The van der Waals surface area contributed by atoms with Crippen molar-refractivity contribution >= 4 is 17.6 Å². The molecule has 0 aliphatic carbocycles. The highest BCUT2D eigenvalue weighted by molar-refractivity contribution is 7.99. The van der Waals surface area contributed by atoms with Crippen LogP contribution in [0, 0.1) is 0 Å². The molecule has 0 aromatic carbocycles. The Hall–Kier alpha value is -0.850. The van der Waals surface area contributed by atoms with Crippen LogP contribution in [0.4, 0.5) is 5.82 Å². The third kappa shape index (κ3) is 2.92. The fraction of sp³-hybridized carbons (Fsp3) is 0.714. The molecule has 6 heteroatoms. The normalized spacial score (nSPS) is 20.0. The van der Waals surface area contributed by atoms with Crippen molar-refractivity contribution in [3.05, 3.63) is 11.5 Å². The Morgan fingerprint density at radius 3 is 2.75 bits per heavy atom. The number of aliphatic hydroxyl groups is 1. The van der Waals surface area contributed by atoms with Gasteiger partial charge in [0.25, 0.3) is 0 Å². The summed E-state index contributed by atoms with van der Waals surface area (Å²) in [6.07, 6.45) is 2.79. The minimum absolute atomic E-state index is 0.119. The lowest BCUT2D eigenvalue weighted by Crippen LogP contribution is -2.45. The molecule has 0 radical (unpaired) electrons. The SMILES string of the molecule is CN1CCN(c2nc(CCO)nc3c2SCCC3)CC1. The molecule has 0 unspecified atom stereocenters. The molecule has 1 aromatic rings. The zero-order valence-electron chi connectivity index (χ0n) is 12.0. The molecule has 20 heavy (non-hydrogen) atoms. The molecule has 0 bridgehead atoms. The average molecular weight is 294 g/mol. The van der Waals surface area contributed by atoms with Crippen LogP contribution in [0.1, 0.15) is 17.9 Å². The van der Waals surface area contributed by atoms with E-state index in [9.17, 15) is 0 Å². The molecule has 3 rings (SSSR count).